The van der Waals surface area contributed by atoms with Crippen LogP contribution in [-0.4, -0.2) is 33.1 Å². The van der Waals surface area contributed by atoms with Crippen molar-refractivity contribution in [3.05, 3.63) is 34.6 Å². The molecule has 1 atom stereocenters. The van der Waals surface area contributed by atoms with E-state index in [0.29, 0.717) is 10.3 Å². The second-order valence-corrected chi connectivity index (χ2v) is 3.83. The number of nitrogens with zero attached hydrogens (tertiary/aromatic N) is 2. The Morgan fingerprint density at radius 3 is 3.00 bits per heavy atom. The third-order valence-corrected chi connectivity index (χ3v) is 2.68. The van der Waals surface area contributed by atoms with Crippen molar-refractivity contribution in [1.29, 1.82) is 0 Å². The van der Waals surface area contributed by atoms with Crippen LogP contribution in [0.15, 0.2) is 39.6 Å². The zero-order valence-corrected chi connectivity index (χ0v) is 9.05. The molecule has 0 saturated carbocycles. The third kappa shape index (κ3) is 1.62. The van der Waals surface area contributed by atoms with Crippen molar-refractivity contribution in [3.8, 4) is 0 Å². The van der Waals surface area contributed by atoms with Gasteiger partial charge < -0.3 is 15.1 Å². The lowest BCUT2D eigenvalue weighted by atomic mass is 10.2. The molecule has 0 aliphatic carbocycles. The van der Waals surface area contributed by atoms with Gasteiger partial charge in [-0.2, -0.15) is 0 Å². The molecule has 2 rings (SSSR count). The highest BCUT2D eigenvalue weighted by Gasteiger charge is 2.31. The van der Waals surface area contributed by atoms with Crippen molar-refractivity contribution >= 4 is 27.7 Å². The smallest absolute Gasteiger partial charge is 0.337 e. The molecule has 0 radical (unpaired) electrons. The van der Waals surface area contributed by atoms with Crippen LogP contribution in [0.3, 0.4) is 0 Å². The Balaban J connectivity index is 2.44. The van der Waals surface area contributed by atoms with Crippen molar-refractivity contribution in [2.45, 2.75) is 6.23 Å². The van der Waals surface area contributed by atoms with Gasteiger partial charge in [0, 0.05) is 12.4 Å². The summed E-state index contributed by atoms with van der Waals surface area (Å²) in [6.45, 7) is 0. The second-order valence-electron chi connectivity index (χ2n) is 2.98. The summed E-state index contributed by atoms with van der Waals surface area (Å²) in [5, 5.41) is 18.5. The van der Waals surface area contributed by atoms with Gasteiger partial charge in [-0.15, -0.1) is 0 Å². The number of halogens is 1. The zero-order valence-electron chi connectivity index (χ0n) is 7.46. The Kier molecular flexibility index (Phi) is 2.45. The minimum atomic E-state index is -1.20. The number of aliphatic carboxylic acids is 1. The first kappa shape index (κ1) is 10.1. The Bertz CT molecular complexity index is 437. The van der Waals surface area contributed by atoms with Gasteiger partial charge in [0.25, 0.3) is 0 Å². The number of carboxylic acids is 1. The fourth-order valence-corrected chi connectivity index (χ4v) is 1.79. The van der Waals surface area contributed by atoms with Crippen LogP contribution in [0.5, 0.6) is 0 Å². The van der Waals surface area contributed by atoms with Crippen LogP contribution in [0.2, 0.25) is 0 Å². The number of carboxylic acid groups (broad SMARTS) is 1. The Morgan fingerprint density at radius 2 is 2.33 bits per heavy atom. The lowest BCUT2D eigenvalue weighted by Crippen LogP contribution is -2.42. The molecule has 0 saturated heterocycles. The highest BCUT2D eigenvalue weighted by molar-refractivity contribution is 9.12. The maximum atomic E-state index is 10.7. The molecule has 2 aliphatic heterocycles. The van der Waals surface area contributed by atoms with Crippen LogP contribution in [0, 0.1) is 0 Å². The van der Waals surface area contributed by atoms with Gasteiger partial charge in [0.2, 0.25) is 0 Å². The fourth-order valence-electron chi connectivity index (χ4n) is 1.33. The molecule has 0 unspecified atom stereocenters. The summed E-state index contributed by atoms with van der Waals surface area (Å²) >= 11 is 3.26. The summed E-state index contributed by atoms with van der Waals surface area (Å²) in [7, 11) is 0. The molecule has 2 heterocycles. The van der Waals surface area contributed by atoms with Crippen molar-refractivity contribution < 1.29 is 15.0 Å². The van der Waals surface area contributed by atoms with Gasteiger partial charge >= 0.3 is 5.97 Å². The van der Waals surface area contributed by atoms with Crippen LogP contribution in [0.25, 0.3) is 0 Å². The normalized spacial score (nSPS) is 24.0. The van der Waals surface area contributed by atoms with Crippen LogP contribution in [0.1, 0.15) is 0 Å². The van der Waals surface area contributed by atoms with Crippen molar-refractivity contribution in [1.82, 2.24) is 4.90 Å². The van der Waals surface area contributed by atoms with Crippen LogP contribution >= 0.6 is 15.9 Å². The highest BCUT2D eigenvalue weighted by atomic mass is 79.9. The number of amidine groups is 1. The van der Waals surface area contributed by atoms with Crippen LogP contribution in [-0.2, 0) is 4.79 Å². The number of allylic oxidation sites excluding steroid dienone is 2. The number of hydrogen-bond donors (Lipinski definition) is 2. The summed E-state index contributed by atoms with van der Waals surface area (Å²) in [4.78, 5) is 16.1. The number of rotatable bonds is 1. The molecule has 0 amide bonds. The van der Waals surface area contributed by atoms with Crippen molar-refractivity contribution in [2.75, 3.05) is 0 Å². The first-order valence-electron chi connectivity index (χ1n) is 4.13. The van der Waals surface area contributed by atoms with Gasteiger partial charge in [0.05, 0.1) is 4.48 Å². The number of aliphatic imine (C=N–C) groups is 1. The fraction of sp³-hybridized carbons (Fsp3) is 0.111. The van der Waals surface area contributed by atoms with E-state index < -0.39 is 12.2 Å². The summed E-state index contributed by atoms with van der Waals surface area (Å²) in [6.07, 6.45) is 4.99. The molecule has 5 nitrogen and oxygen atoms in total. The molecule has 0 fully saturated rings. The molecule has 2 N–H and O–H groups in total. The minimum Gasteiger partial charge on any atom is -0.478 e. The average Bonchev–Trinajstić information content (AvgIpc) is 2.19. The highest BCUT2D eigenvalue weighted by Crippen LogP contribution is 2.24. The summed E-state index contributed by atoms with van der Waals surface area (Å²) in [5.74, 6) is -0.681. The molecule has 15 heavy (non-hydrogen) atoms. The van der Waals surface area contributed by atoms with E-state index in [1.165, 1.54) is 4.90 Å². The molecule has 0 aromatic heterocycles. The third-order valence-electron chi connectivity index (χ3n) is 2.06. The molecule has 0 aromatic rings. The number of aliphatic hydroxyl groups is 1. The van der Waals surface area contributed by atoms with Crippen molar-refractivity contribution in [3.63, 3.8) is 0 Å². The first-order chi connectivity index (χ1) is 7.11. The minimum absolute atomic E-state index is 0.148. The van der Waals surface area contributed by atoms with Gasteiger partial charge in [0.1, 0.15) is 11.4 Å². The molecule has 0 aromatic carbocycles. The van der Waals surface area contributed by atoms with E-state index in [0.717, 1.165) is 6.20 Å². The number of carbonyl (C=O) groups is 1. The first-order valence-corrected chi connectivity index (χ1v) is 4.92. The maximum absolute atomic E-state index is 10.7. The maximum Gasteiger partial charge on any atom is 0.337 e. The number of hydrogen-bond acceptors (Lipinski definition) is 4. The number of aliphatic hydroxyl groups excluding tert-OH is 1. The monoisotopic (exact) mass is 270 g/mol. The van der Waals surface area contributed by atoms with E-state index in [1.807, 2.05) is 0 Å². The Morgan fingerprint density at radius 1 is 1.60 bits per heavy atom. The van der Waals surface area contributed by atoms with E-state index >= 15 is 0 Å². The molecule has 6 heteroatoms. The molecule has 0 spiro atoms. The predicted octanol–water partition coefficient (Wildman–Crippen LogP) is 0.794. The summed E-state index contributed by atoms with van der Waals surface area (Å²) in [6, 6.07) is 0. The summed E-state index contributed by atoms with van der Waals surface area (Å²) < 4.78 is 0.699. The predicted molar refractivity (Wildman–Crippen MR) is 57.1 cm³/mol. The molecular formula is C9H7BrN2O3. The van der Waals surface area contributed by atoms with Crippen molar-refractivity contribution in [2.24, 2.45) is 4.99 Å². The Labute approximate surface area is 93.9 Å². The molecular weight excluding hydrogens is 264 g/mol. The largest absolute Gasteiger partial charge is 0.478 e. The standard InChI is InChI=1S/C9H7BrN2O3/c10-6-2-1-3-12-7(6)11-4-5(8(12)13)9(14)15/h1-4,8,13H,(H,14,15)/t8-/m1/s1. The molecule has 2 aliphatic rings. The zero-order chi connectivity index (χ0) is 11.0. The van der Waals surface area contributed by atoms with Gasteiger partial charge in [0.15, 0.2) is 6.23 Å². The SMILES string of the molecule is O=C(O)C1=CN=C2C(Br)=CC=CN2[C@@H]1O. The second kappa shape index (κ2) is 3.63. The van der Waals surface area contributed by atoms with Crippen LogP contribution in [0.4, 0.5) is 0 Å². The summed E-state index contributed by atoms with van der Waals surface area (Å²) in [5.41, 5.74) is -0.148. The molecule has 0 bridgehead atoms. The van der Waals surface area contributed by atoms with E-state index in [-0.39, 0.29) is 5.57 Å². The van der Waals surface area contributed by atoms with Crippen LogP contribution < -0.4 is 0 Å². The quantitative estimate of drug-likeness (QED) is 0.739. The lowest BCUT2D eigenvalue weighted by Gasteiger charge is -2.31. The Hall–Kier alpha value is -1.40. The van der Waals surface area contributed by atoms with Gasteiger partial charge in [-0.25, -0.2) is 9.79 Å². The van der Waals surface area contributed by atoms with E-state index in [9.17, 15) is 9.90 Å². The van der Waals surface area contributed by atoms with Gasteiger partial charge in [-0.3, -0.25) is 0 Å². The van der Waals surface area contributed by atoms with Gasteiger partial charge in [-0.05, 0) is 28.1 Å². The van der Waals surface area contributed by atoms with E-state index in [2.05, 4.69) is 20.9 Å². The number of fused-ring (bicyclic) bond motifs is 1. The van der Waals surface area contributed by atoms with Gasteiger partial charge in [-0.1, -0.05) is 0 Å². The van der Waals surface area contributed by atoms with E-state index in [1.54, 1.807) is 18.4 Å². The molecule has 78 valence electrons. The topological polar surface area (TPSA) is 73.1 Å². The average molecular weight is 271 g/mol. The van der Waals surface area contributed by atoms with E-state index in [4.69, 9.17) is 5.11 Å². The lowest BCUT2D eigenvalue weighted by molar-refractivity contribution is -0.134.